The molecule has 0 saturated heterocycles. The van der Waals surface area contributed by atoms with E-state index in [4.69, 9.17) is 4.74 Å². The number of methoxy groups -OCH3 is 1. The van der Waals surface area contributed by atoms with Gasteiger partial charge in [0.15, 0.2) is 0 Å². The van der Waals surface area contributed by atoms with Gasteiger partial charge in [-0.25, -0.2) is 9.97 Å². The van der Waals surface area contributed by atoms with Crippen molar-refractivity contribution in [3.05, 3.63) is 47.8 Å². The number of hydrogen-bond donors (Lipinski definition) is 1. The highest BCUT2D eigenvalue weighted by Gasteiger charge is 2.11. The molecule has 0 radical (unpaired) electrons. The van der Waals surface area contributed by atoms with Crippen molar-refractivity contribution < 1.29 is 9.53 Å². The number of carbonyl (C=O) groups excluding carboxylic acids is 1. The van der Waals surface area contributed by atoms with E-state index >= 15 is 0 Å². The maximum atomic E-state index is 12.2. The molecule has 0 atom stereocenters. The van der Waals surface area contributed by atoms with Gasteiger partial charge in [0, 0.05) is 32.0 Å². The van der Waals surface area contributed by atoms with Crippen LogP contribution in [0, 0.1) is 0 Å². The third-order valence-corrected chi connectivity index (χ3v) is 3.78. The molecule has 0 bridgehead atoms. The first-order valence-electron chi connectivity index (χ1n) is 8.66. The Labute approximate surface area is 149 Å². The third kappa shape index (κ3) is 5.45. The Morgan fingerprint density at radius 2 is 1.68 bits per heavy atom. The van der Waals surface area contributed by atoms with E-state index in [1.165, 1.54) is 0 Å². The molecule has 1 aromatic carbocycles. The predicted molar refractivity (Wildman–Crippen MR) is 99.0 cm³/mol. The van der Waals surface area contributed by atoms with Crippen molar-refractivity contribution in [3.8, 4) is 5.75 Å². The SMILES string of the molecule is CCCN(CCC)c1ncc(C(=O)NCc2ccc(OC)cc2)cn1. The first-order chi connectivity index (χ1) is 12.2. The van der Waals surface area contributed by atoms with Crippen LogP contribution in [0.15, 0.2) is 36.7 Å². The molecule has 25 heavy (non-hydrogen) atoms. The van der Waals surface area contributed by atoms with Crippen LogP contribution in [0.25, 0.3) is 0 Å². The van der Waals surface area contributed by atoms with Gasteiger partial charge in [0.05, 0.1) is 12.7 Å². The monoisotopic (exact) mass is 342 g/mol. The number of benzene rings is 1. The number of nitrogens with one attached hydrogen (secondary N) is 1. The molecular formula is C19H26N4O2. The summed E-state index contributed by atoms with van der Waals surface area (Å²) in [6.07, 6.45) is 5.24. The second-order valence-electron chi connectivity index (χ2n) is 5.79. The Balaban J connectivity index is 1.94. The molecule has 0 aliphatic heterocycles. The summed E-state index contributed by atoms with van der Waals surface area (Å²) in [4.78, 5) is 23.1. The number of aromatic nitrogens is 2. The summed E-state index contributed by atoms with van der Waals surface area (Å²) in [5.41, 5.74) is 1.47. The van der Waals surface area contributed by atoms with Gasteiger partial charge < -0.3 is 15.0 Å². The van der Waals surface area contributed by atoms with Crippen LogP contribution in [0.2, 0.25) is 0 Å². The van der Waals surface area contributed by atoms with Crippen molar-refractivity contribution in [1.29, 1.82) is 0 Å². The Hall–Kier alpha value is -2.63. The van der Waals surface area contributed by atoms with E-state index < -0.39 is 0 Å². The molecule has 1 heterocycles. The van der Waals surface area contributed by atoms with Crippen molar-refractivity contribution in [1.82, 2.24) is 15.3 Å². The van der Waals surface area contributed by atoms with Gasteiger partial charge in [-0.3, -0.25) is 4.79 Å². The fourth-order valence-electron chi connectivity index (χ4n) is 2.48. The van der Waals surface area contributed by atoms with E-state index in [-0.39, 0.29) is 5.91 Å². The van der Waals surface area contributed by atoms with Crippen molar-refractivity contribution >= 4 is 11.9 Å². The first kappa shape index (κ1) is 18.7. The summed E-state index contributed by atoms with van der Waals surface area (Å²) in [5, 5.41) is 2.88. The average molecular weight is 342 g/mol. The molecule has 1 amide bonds. The van der Waals surface area contributed by atoms with Crippen LogP contribution in [0.4, 0.5) is 5.95 Å². The van der Waals surface area contributed by atoms with E-state index in [2.05, 4.69) is 34.0 Å². The molecule has 0 unspecified atom stereocenters. The maximum Gasteiger partial charge on any atom is 0.254 e. The van der Waals surface area contributed by atoms with E-state index in [9.17, 15) is 4.79 Å². The number of amides is 1. The van der Waals surface area contributed by atoms with Gasteiger partial charge >= 0.3 is 0 Å². The minimum absolute atomic E-state index is 0.181. The largest absolute Gasteiger partial charge is 0.497 e. The topological polar surface area (TPSA) is 67.4 Å². The van der Waals surface area contributed by atoms with E-state index in [0.29, 0.717) is 18.1 Å². The number of rotatable bonds is 9. The molecule has 6 nitrogen and oxygen atoms in total. The molecule has 1 N–H and O–H groups in total. The second kappa shape index (κ2) is 9.61. The van der Waals surface area contributed by atoms with Crippen LogP contribution in [0.1, 0.15) is 42.6 Å². The quantitative estimate of drug-likeness (QED) is 0.759. The van der Waals surface area contributed by atoms with Gasteiger partial charge in [0.25, 0.3) is 5.91 Å². The van der Waals surface area contributed by atoms with Gasteiger partial charge in [-0.2, -0.15) is 0 Å². The lowest BCUT2D eigenvalue weighted by molar-refractivity contribution is 0.0950. The summed E-state index contributed by atoms with van der Waals surface area (Å²) in [6, 6.07) is 7.59. The lowest BCUT2D eigenvalue weighted by atomic mass is 10.2. The summed E-state index contributed by atoms with van der Waals surface area (Å²) in [6.45, 7) is 6.53. The maximum absolute atomic E-state index is 12.2. The van der Waals surface area contributed by atoms with Crippen LogP contribution in [0.3, 0.4) is 0 Å². The van der Waals surface area contributed by atoms with E-state index in [1.54, 1.807) is 19.5 Å². The van der Waals surface area contributed by atoms with Gasteiger partial charge in [-0.05, 0) is 30.5 Å². The minimum atomic E-state index is -0.181. The molecule has 2 aromatic rings. The minimum Gasteiger partial charge on any atom is -0.497 e. The summed E-state index contributed by atoms with van der Waals surface area (Å²) in [5.74, 6) is 1.29. The average Bonchev–Trinajstić information content (AvgIpc) is 2.66. The number of carbonyl (C=O) groups is 1. The van der Waals surface area contributed by atoms with Crippen LogP contribution in [0.5, 0.6) is 5.75 Å². The molecule has 6 heteroatoms. The van der Waals surface area contributed by atoms with Crippen molar-refractivity contribution in [2.24, 2.45) is 0 Å². The van der Waals surface area contributed by atoms with Crippen LogP contribution >= 0.6 is 0 Å². The standard InChI is InChI=1S/C19H26N4O2/c1-4-10-23(11-5-2)19-21-13-16(14-22-19)18(24)20-12-15-6-8-17(25-3)9-7-15/h6-9,13-14H,4-5,10-12H2,1-3H3,(H,20,24). The normalized spacial score (nSPS) is 10.4. The molecule has 2 rings (SSSR count). The zero-order valence-electron chi connectivity index (χ0n) is 15.2. The van der Waals surface area contributed by atoms with Crippen LogP contribution < -0.4 is 15.0 Å². The molecule has 134 valence electrons. The summed E-state index contributed by atoms with van der Waals surface area (Å²) >= 11 is 0. The lowest BCUT2D eigenvalue weighted by Gasteiger charge is -2.21. The van der Waals surface area contributed by atoms with Crippen LogP contribution in [-0.2, 0) is 6.54 Å². The van der Waals surface area contributed by atoms with Gasteiger partial charge in [-0.1, -0.05) is 26.0 Å². The van der Waals surface area contributed by atoms with E-state index in [0.717, 1.165) is 37.2 Å². The molecule has 0 spiro atoms. The van der Waals surface area contributed by atoms with E-state index in [1.807, 2.05) is 24.3 Å². The Morgan fingerprint density at radius 3 is 2.20 bits per heavy atom. The number of hydrogen-bond acceptors (Lipinski definition) is 5. The molecule has 1 aromatic heterocycles. The zero-order chi connectivity index (χ0) is 18.1. The van der Waals surface area contributed by atoms with Gasteiger partial charge in [0.1, 0.15) is 5.75 Å². The van der Waals surface area contributed by atoms with Crippen LogP contribution in [-0.4, -0.2) is 36.1 Å². The van der Waals surface area contributed by atoms with Crippen molar-refractivity contribution in [2.75, 3.05) is 25.1 Å². The number of ether oxygens (including phenoxy) is 1. The Morgan fingerprint density at radius 1 is 1.08 bits per heavy atom. The zero-order valence-corrected chi connectivity index (χ0v) is 15.2. The fraction of sp³-hybridized carbons (Fsp3) is 0.421. The van der Waals surface area contributed by atoms with Gasteiger partial charge in [-0.15, -0.1) is 0 Å². The fourth-order valence-corrected chi connectivity index (χ4v) is 2.48. The van der Waals surface area contributed by atoms with Crippen molar-refractivity contribution in [2.45, 2.75) is 33.2 Å². The number of anilines is 1. The molecule has 0 aliphatic carbocycles. The summed E-state index contributed by atoms with van der Waals surface area (Å²) in [7, 11) is 1.63. The highest BCUT2D eigenvalue weighted by Crippen LogP contribution is 2.12. The lowest BCUT2D eigenvalue weighted by Crippen LogP contribution is -2.28. The Kier molecular flexibility index (Phi) is 7.19. The highest BCUT2D eigenvalue weighted by molar-refractivity contribution is 5.93. The van der Waals surface area contributed by atoms with Crippen molar-refractivity contribution in [3.63, 3.8) is 0 Å². The highest BCUT2D eigenvalue weighted by atomic mass is 16.5. The molecule has 0 aliphatic rings. The second-order valence-corrected chi connectivity index (χ2v) is 5.79. The molecule has 0 saturated carbocycles. The number of nitrogens with zero attached hydrogens (tertiary/aromatic N) is 3. The Bertz CT molecular complexity index is 650. The van der Waals surface area contributed by atoms with Gasteiger partial charge in [0.2, 0.25) is 5.95 Å². The predicted octanol–water partition coefficient (Wildman–Crippen LogP) is 3.04. The molecule has 0 fully saturated rings. The summed E-state index contributed by atoms with van der Waals surface area (Å²) < 4.78 is 5.12. The first-order valence-corrected chi connectivity index (χ1v) is 8.66. The smallest absolute Gasteiger partial charge is 0.254 e. The molecular weight excluding hydrogens is 316 g/mol. The third-order valence-electron chi connectivity index (χ3n) is 3.78.